The summed E-state index contributed by atoms with van der Waals surface area (Å²) in [6.45, 7) is 6.44. The van der Waals surface area contributed by atoms with Crippen LogP contribution in [-0.4, -0.2) is 65.4 Å². The molecule has 3 rings (SSSR count). The Balaban J connectivity index is 1.65. The topological polar surface area (TPSA) is 75.0 Å². The number of aryl methyl sites for hydroxylation is 1. The Morgan fingerprint density at radius 3 is 2.77 bits per heavy atom. The number of amides is 1. The number of guanidine groups is 1. The molecular weight excluding hydrogens is 387 g/mol. The van der Waals surface area contributed by atoms with Gasteiger partial charge < -0.3 is 19.9 Å². The lowest BCUT2D eigenvalue weighted by atomic mass is 10.2. The fraction of sp³-hybridized carbons (Fsp3) is 0.476. The van der Waals surface area contributed by atoms with Crippen molar-refractivity contribution in [1.29, 1.82) is 0 Å². The highest BCUT2D eigenvalue weighted by atomic mass is 19.1. The van der Waals surface area contributed by atoms with Gasteiger partial charge in [0, 0.05) is 32.9 Å². The molecule has 1 aliphatic rings. The van der Waals surface area contributed by atoms with E-state index >= 15 is 0 Å². The highest BCUT2D eigenvalue weighted by Crippen LogP contribution is 2.19. The van der Waals surface area contributed by atoms with Gasteiger partial charge in [-0.3, -0.25) is 9.48 Å². The average molecular weight is 417 g/mol. The van der Waals surface area contributed by atoms with E-state index < -0.39 is 0 Å². The largest absolute Gasteiger partial charge is 0.485 e. The quantitative estimate of drug-likeness (QED) is 0.552. The van der Waals surface area contributed by atoms with Crippen molar-refractivity contribution in [2.45, 2.75) is 26.4 Å². The molecule has 1 aliphatic heterocycles. The van der Waals surface area contributed by atoms with Crippen LogP contribution in [0.5, 0.6) is 5.75 Å². The van der Waals surface area contributed by atoms with Gasteiger partial charge in [0.2, 0.25) is 5.91 Å². The van der Waals surface area contributed by atoms with Gasteiger partial charge in [-0.15, -0.1) is 0 Å². The van der Waals surface area contributed by atoms with Crippen LogP contribution in [0.25, 0.3) is 0 Å². The molecule has 1 aromatic heterocycles. The summed E-state index contributed by atoms with van der Waals surface area (Å²) >= 11 is 0. The van der Waals surface area contributed by atoms with E-state index in [-0.39, 0.29) is 30.1 Å². The van der Waals surface area contributed by atoms with Crippen LogP contribution in [0.15, 0.2) is 41.7 Å². The van der Waals surface area contributed by atoms with Gasteiger partial charge in [0.25, 0.3) is 0 Å². The summed E-state index contributed by atoms with van der Waals surface area (Å²) in [7, 11) is 1.83. The first-order chi connectivity index (χ1) is 14.5. The summed E-state index contributed by atoms with van der Waals surface area (Å²) in [5.74, 6) is 0.496. The molecular formula is C21H29FN6O2. The maximum absolute atomic E-state index is 13.9. The van der Waals surface area contributed by atoms with Crippen molar-refractivity contribution in [3.8, 4) is 5.75 Å². The monoisotopic (exact) mass is 416 g/mol. The third kappa shape index (κ3) is 5.28. The Kier molecular flexibility index (Phi) is 7.26. The maximum Gasteiger partial charge on any atom is 0.246 e. The van der Waals surface area contributed by atoms with Gasteiger partial charge in [-0.25, -0.2) is 9.38 Å². The average Bonchev–Trinajstić information content (AvgIpc) is 3.17. The van der Waals surface area contributed by atoms with Crippen LogP contribution >= 0.6 is 0 Å². The number of rotatable bonds is 7. The van der Waals surface area contributed by atoms with Gasteiger partial charge in [-0.05, 0) is 25.5 Å². The van der Waals surface area contributed by atoms with Gasteiger partial charge in [0.05, 0.1) is 18.4 Å². The lowest BCUT2D eigenvalue weighted by Gasteiger charge is -2.35. The maximum atomic E-state index is 13.9. The minimum absolute atomic E-state index is 0.00509. The molecule has 2 heterocycles. The Hall–Kier alpha value is -3.10. The molecule has 1 fully saturated rings. The first kappa shape index (κ1) is 21.6. The Bertz CT molecular complexity index is 884. The van der Waals surface area contributed by atoms with E-state index in [0.29, 0.717) is 38.6 Å². The fourth-order valence-corrected chi connectivity index (χ4v) is 3.26. The Morgan fingerprint density at radius 1 is 1.33 bits per heavy atom. The summed E-state index contributed by atoms with van der Waals surface area (Å²) in [6.07, 6.45) is 3.95. The number of piperazine rings is 1. The van der Waals surface area contributed by atoms with Crippen LogP contribution in [0.4, 0.5) is 10.1 Å². The van der Waals surface area contributed by atoms with E-state index in [2.05, 4.69) is 15.4 Å². The molecule has 9 heteroatoms. The number of benzene rings is 1. The van der Waals surface area contributed by atoms with Crippen molar-refractivity contribution in [3.05, 3.63) is 42.5 Å². The van der Waals surface area contributed by atoms with Crippen molar-refractivity contribution in [1.82, 2.24) is 20.0 Å². The van der Waals surface area contributed by atoms with Crippen molar-refractivity contribution in [2.75, 3.05) is 37.6 Å². The molecule has 0 saturated carbocycles. The lowest BCUT2D eigenvalue weighted by Crippen LogP contribution is -2.55. The van der Waals surface area contributed by atoms with Crippen molar-refractivity contribution < 1.29 is 13.9 Å². The number of nitrogens with one attached hydrogen (secondary N) is 1. The van der Waals surface area contributed by atoms with E-state index in [4.69, 9.17) is 4.74 Å². The second-order valence-corrected chi connectivity index (χ2v) is 7.11. The zero-order chi connectivity index (χ0) is 21.5. The Morgan fingerprint density at radius 2 is 2.13 bits per heavy atom. The van der Waals surface area contributed by atoms with Crippen LogP contribution in [0, 0.1) is 5.82 Å². The molecule has 162 valence electrons. The molecule has 1 amide bonds. The van der Waals surface area contributed by atoms with E-state index in [1.807, 2.05) is 32.0 Å². The molecule has 2 aromatic rings. The zero-order valence-electron chi connectivity index (χ0n) is 17.7. The molecule has 30 heavy (non-hydrogen) atoms. The number of hydrogen-bond donors (Lipinski definition) is 1. The van der Waals surface area contributed by atoms with Crippen molar-refractivity contribution >= 4 is 17.6 Å². The number of aromatic nitrogens is 2. The van der Waals surface area contributed by atoms with Crippen LogP contribution in [0.1, 0.15) is 20.3 Å². The molecule has 1 N–H and O–H groups in total. The number of halogens is 1. The summed E-state index contributed by atoms with van der Waals surface area (Å²) in [5, 5.41) is 7.39. The summed E-state index contributed by atoms with van der Waals surface area (Å²) in [4.78, 5) is 21.0. The fourth-order valence-electron chi connectivity index (χ4n) is 3.26. The third-order valence-electron chi connectivity index (χ3n) is 4.89. The van der Waals surface area contributed by atoms with Crippen LogP contribution in [-0.2, 0) is 11.8 Å². The molecule has 0 spiro atoms. The number of hydrogen-bond acceptors (Lipinski definition) is 4. The van der Waals surface area contributed by atoms with E-state index in [9.17, 15) is 9.18 Å². The number of para-hydroxylation sites is 1. The zero-order valence-corrected chi connectivity index (χ0v) is 17.7. The smallest absolute Gasteiger partial charge is 0.246 e. The number of nitrogens with zero attached hydrogens (tertiary/aromatic N) is 5. The summed E-state index contributed by atoms with van der Waals surface area (Å²) in [5.41, 5.74) is 0.799. The van der Waals surface area contributed by atoms with Crippen LogP contribution < -0.4 is 15.0 Å². The highest BCUT2D eigenvalue weighted by Gasteiger charge is 2.27. The molecule has 0 bridgehead atoms. The standard InChI is InChI=1S/C21H29FN6O2/c1-4-17(30-19-9-7-6-8-18(19)22)13-24-21(23-5-2)27-10-11-28(20(29)15-27)16-12-25-26(3)14-16/h6-9,12,14,17H,4-5,10-11,13,15H2,1-3H3,(H,23,24). The molecule has 1 atom stereocenters. The number of carbonyl (C=O) groups excluding carboxylic acids is 1. The molecule has 0 aliphatic carbocycles. The van der Waals surface area contributed by atoms with Gasteiger partial charge >= 0.3 is 0 Å². The molecule has 1 aromatic carbocycles. The molecule has 1 saturated heterocycles. The predicted molar refractivity (Wildman–Crippen MR) is 114 cm³/mol. The normalized spacial score (nSPS) is 16.0. The minimum Gasteiger partial charge on any atom is -0.485 e. The molecule has 1 unspecified atom stereocenters. The SMILES string of the molecule is CCNC(=NCC(CC)Oc1ccccc1F)N1CCN(c2cnn(C)c2)C(=O)C1. The first-order valence-electron chi connectivity index (χ1n) is 10.2. The van der Waals surface area contributed by atoms with E-state index in [0.717, 1.165) is 5.69 Å². The lowest BCUT2D eigenvalue weighted by molar-refractivity contribution is -0.120. The second kappa shape index (κ2) is 10.1. The van der Waals surface area contributed by atoms with Crippen LogP contribution in [0.2, 0.25) is 0 Å². The second-order valence-electron chi connectivity index (χ2n) is 7.11. The minimum atomic E-state index is -0.385. The number of anilines is 1. The third-order valence-corrected chi connectivity index (χ3v) is 4.89. The summed E-state index contributed by atoms with van der Waals surface area (Å²) < 4.78 is 21.4. The number of aliphatic imine (C=N–C) groups is 1. The van der Waals surface area contributed by atoms with Crippen LogP contribution in [0.3, 0.4) is 0 Å². The predicted octanol–water partition coefficient (Wildman–Crippen LogP) is 2.03. The summed E-state index contributed by atoms with van der Waals surface area (Å²) in [6, 6.07) is 6.37. The van der Waals surface area contributed by atoms with Gasteiger partial charge in [0.15, 0.2) is 17.5 Å². The van der Waals surface area contributed by atoms with Gasteiger partial charge in [-0.2, -0.15) is 5.10 Å². The number of carbonyl (C=O) groups is 1. The highest BCUT2D eigenvalue weighted by molar-refractivity contribution is 5.98. The molecule has 0 radical (unpaired) electrons. The van der Waals surface area contributed by atoms with Crippen molar-refractivity contribution in [2.24, 2.45) is 12.0 Å². The van der Waals surface area contributed by atoms with Crippen molar-refractivity contribution in [3.63, 3.8) is 0 Å². The first-order valence-corrected chi connectivity index (χ1v) is 10.2. The van der Waals surface area contributed by atoms with Gasteiger partial charge in [-0.1, -0.05) is 19.1 Å². The van der Waals surface area contributed by atoms with E-state index in [1.165, 1.54) is 6.07 Å². The van der Waals surface area contributed by atoms with Gasteiger partial charge in [0.1, 0.15) is 12.6 Å². The van der Waals surface area contributed by atoms with E-state index in [1.54, 1.807) is 34.0 Å². The Labute approximate surface area is 176 Å². The molecule has 8 nitrogen and oxygen atoms in total. The number of ether oxygens (including phenoxy) is 1.